The lowest BCUT2D eigenvalue weighted by Gasteiger charge is -2.16. The lowest BCUT2D eigenvalue weighted by molar-refractivity contribution is -0.151. The molecule has 1 saturated carbocycles. The van der Waals surface area contributed by atoms with Crippen molar-refractivity contribution in [3.05, 3.63) is 28.2 Å². The highest BCUT2D eigenvalue weighted by molar-refractivity contribution is 9.10. The second-order valence-corrected chi connectivity index (χ2v) is 6.48. The molecule has 1 aliphatic carbocycles. The van der Waals surface area contributed by atoms with E-state index in [9.17, 15) is 9.59 Å². The van der Waals surface area contributed by atoms with Gasteiger partial charge in [-0.3, -0.25) is 9.59 Å². The van der Waals surface area contributed by atoms with Crippen molar-refractivity contribution in [2.75, 3.05) is 12.4 Å². The van der Waals surface area contributed by atoms with Gasteiger partial charge in [0, 0.05) is 10.2 Å². The Hall–Kier alpha value is -1.36. The first-order valence-corrected chi connectivity index (χ1v) is 7.91. The van der Waals surface area contributed by atoms with Crippen LogP contribution in [0.1, 0.15) is 31.7 Å². The summed E-state index contributed by atoms with van der Waals surface area (Å²) < 4.78 is 5.81. The fourth-order valence-corrected chi connectivity index (χ4v) is 3.31. The number of carbonyl (C=O) groups excluding carboxylic acids is 2. The van der Waals surface area contributed by atoms with Crippen LogP contribution in [0.2, 0.25) is 0 Å². The molecule has 5 heteroatoms. The third-order valence-electron chi connectivity index (χ3n) is 4.13. The van der Waals surface area contributed by atoms with Gasteiger partial charge in [0.2, 0.25) is 5.91 Å². The molecule has 21 heavy (non-hydrogen) atoms. The summed E-state index contributed by atoms with van der Waals surface area (Å²) in [6.45, 7) is 3.97. The molecule has 0 aromatic heterocycles. The van der Waals surface area contributed by atoms with Gasteiger partial charge in [-0.05, 0) is 49.4 Å². The molecule has 2 rings (SSSR count). The number of hydrogen-bond donors (Lipinski definition) is 1. The third kappa shape index (κ3) is 2.98. The van der Waals surface area contributed by atoms with Crippen LogP contribution >= 0.6 is 15.9 Å². The number of halogens is 1. The molecule has 1 aliphatic rings. The van der Waals surface area contributed by atoms with Gasteiger partial charge < -0.3 is 10.1 Å². The van der Waals surface area contributed by atoms with Crippen LogP contribution in [0.3, 0.4) is 0 Å². The fraction of sp³-hybridized carbons (Fsp3) is 0.500. The Labute approximate surface area is 133 Å². The highest BCUT2D eigenvalue weighted by Crippen LogP contribution is 2.56. The van der Waals surface area contributed by atoms with E-state index < -0.39 is 11.4 Å². The minimum Gasteiger partial charge on any atom is -0.468 e. The number of carbonyl (C=O) groups is 2. The quantitative estimate of drug-likeness (QED) is 0.648. The van der Waals surface area contributed by atoms with Crippen LogP contribution in [0.25, 0.3) is 0 Å². The predicted molar refractivity (Wildman–Crippen MR) is 85.0 cm³/mol. The SMILES string of the molecule is CCCC1CC1(C(=O)Nc1ccc(Br)cc1C)C(=O)OC. The summed E-state index contributed by atoms with van der Waals surface area (Å²) in [5.41, 5.74) is 0.684. The molecule has 4 nitrogen and oxygen atoms in total. The molecule has 0 heterocycles. The lowest BCUT2D eigenvalue weighted by Crippen LogP contribution is -2.34. The van der Waals surface area contributed by atoms with E-state index in [2.05, 4.69) is 28.2 Å². The first kappa shape index (κ1) is 16.0. The van der Waals surface area contributed by atoms with Crippen LogP contribution in [0.4, 0.5) is 5.69 Å². The molecule has 0 spiro atoms. The molecule has 114 valence electrons. The normalized spacial score (nSPS) is 23.5. The largest absolute Gasteiger partial charge is 0.468 e. The van der Waals surface area contributed by atoms with Crippen LogP contribution < -0.4 is 5.32 Å². The zero-order valence-corrected chi connectivity index (χ0v) is 14.1. The smallest absolute Gasteiger partial charge is 0.321 e. The van der Waals surface area contributed by atoms with Crippen molar-refractivity contribution >= 4 is 33.5 Å². The van der Waals surface area contributed by atoms with E-state index in [1.165, 1.54) is 7.11 Å². The number of nitrogens with one attached hydrogen (secondary N) is 1. The molecule has 1 fully saturated rings. The van der Waals surface area contributed by atoms with Crippen molar-refractivity contribution in [2.45, 2.75) is 33.1 Å². The molecule has 1 N–H and O–H groups in total. The Bertz CT molecular complexity index is 573. The van der Waals surface area contributed by atoms with E-state index in [-0.39, 0.29) is 11.8 Å². The highest BCUT2D eigenvalue weighted by Gasteiger charge is 2.65. The van der Waals surface area contributed by atoms with Crippen molar-refractivity contribution in [3.63, 3.8) is 0 Å². The van der Waals surface area contributed by atoms with E-state index in [1.807, 2.05) is 25.1 Å². The van der Waals surface area contributed by atoms with Crippen molar-refractivity contribution in [1.82, 2.24) is 0 Å². The molecule has 1 amide bonds. The van der Waals surface area contributed by atoms with Crippen molar-refractivity contribution < 1.29 is 14.3 Å². The van der Waals surface area contributed by atoms with E-state index >= 15 is 0 Å². The maximum atomic E-state index is 12.6. The molecular formula is C16H20BrNO3. The summed E-state index contributed by atoms with van der Waals surface area (Å²) in [6.07, 6.45) is 2.39. The van der Waals surface area contributed by atoms with Crippen LogP contribution in [0.5, 0.6) is 0 Å². The van der Waals surface area contributed by atoms with Gasteiger partial charge in [-0.2, -0.15) is 0 Å². The average molecular weight is 354 g/mol. The van der Waals surface area contributed by atoms with Gasteiger partial charge in [0.1, 0.15) is 5.41 Å². The van der Waals surface area contributed by atoms with Gasteiger partial charge in [0.25, 0.3) is 0 Å². The number of anilines is 1. The molecule has 0 aliphatic heterocycles. The van der Waals surface area contributed by atoms with Crippen molar-refractivity contribution in [2.24, 2.45) is 11.3 Å². The predicted octanol–water partition coefficient (Wildman–Crippen LogP) is 3.68. The summed E-state index contributed by atoms with van der Waals surface area (Å²) in [7, 11) is 1.34. The Morgan fingerprint density at radius 1 is 1.48 bits per heavy atom. The standard InChI is InChI=1S/C16H20BrNO3/c1-4-5-11-9-16(11,15(20)21-3)14(19)18-13-7-6-12(17)8-10(13)2/h6-8,11H,4-5,9H2,1-3H3,(H,18,19). The van der Waals surface area contributed by atoms with Crippen LogP contribution in [0, 0.1) is 18.3 Å². The fourth-order valence-electron chi connectivity index (χ4n) is 2.83. The van der Waals surface area contributed by atoms with E-state index in [1.54, 1.807) is 0 Å². The number of hydrogen-bond acceptors (Lipinski definition) is 3. The number of ether oxygens (including phenoxy) is 1. The maximum Gasteiger partial charge on any atom is 0.321 e. The maximum absolute atomic E-state index is 12.6. The van der Waals surface area contributed by atoms with Crippen LogP contribution in [-0.4, -0.2) is 19.0 Å². The summed E-state index contributed by atoms with van der Waals surface area (Å²) in [5, 5.41) is 2.88. The van der Waals surface area contributed by atoms with Crippen molar-refractivity contribution in [3.8, 4) is 0 Å². The Kier molecular flexibility index (Phi) is 4.71. The van der Waals surface area contributed by atoms with Gasteiger partial charge >= 0.3 is 5.97 Å². The van der Waals surface area contributed by atoms with E-state index in [0.717, 1.165) is 28.6 Å². The molecule has 2 unspecified atom stereocenters. The summed E-state index contributed by atoms with van der Waals surface area (Å²) in [6, 6.07) is 5.63. The minimum absolute atomic E-state index is 0.0886. The molecule has 0 bridgehead atoms. The summed E-state index contributed by atoms with van der Waals surface area (Å²) >= 11 is 3.39. The van der Waals surface area contributed by atoms with Gasteiger partial charge in [-0.1, -0.05) is 29.3 Å². The number of benzene rings is 1. The number of amides is 1. The molecule has 2 atom stereocenters. The number of aryl methyl sites for hydroxylation is 1. The second kappa shape index (κ2) is 6.18. The van der Waals surface area contributed by atoms with Gasteiger partial charge in [0.05, 0.1) is 7.11 Å². The Morgan fingerprint density at radius 2 is 2.19 bits per heavy atom. The molecule has 0 saturated heterocycles. The topological polar surface area (TPSA) is 55.4 Å². The van der Waals surface area contributed by atoms with Crippen molar-refractivity contribution in [1.29, 1.82) is 0 Å². The summed E-state index contributed by atoms with van der Waals surface area (Å²) in [4.78, 5) is 24.7. The zero-order chi connectivity index (χ0) is 15.6. The first-order valence-electron chi connectivity index (χ1n) is 7.11. The van der Waals surface area contributed by atoms with Crippen LogP contribution in [-0.2, 0) is 14.3 Å². The van der Waals surface area contributed by atoms with E-state index in [4.69, 9.17) is 4.74 Å². The Balaban J connectivity index is 2.19. The lowest BCUT2D eigenvalue weighted by atomic mass is 10.00. The van der Waals surface area contributed by atoms with E-state index in [0.29, 0.717) is 6.42 Å². The molecular weight excluding hydrogens is 334 g/mol. The third-order valence-corrected chi connectivity index (χ3v) is 4.63. The average Bonchev–Trinajstić information content (AvgIpc) is 3.17. The Morgan fingerprint density at radius 3 is 2.76 bits per heavy atom. The second-order valence-electron chi connectivity index (χ2n) is 5.57. The minimum atomic E-state index is -0.996. The number of rotatable bonds is 5. The number of methoxy groups -OCH3 is 1. The summed E-state index contributed by atoms with van der Waals surface area (Å²) in [5.74, 6) is -0.586. The first-order chi connectivity index (χ1) is 9.95. The highest BCUT2D eigenvalue weighted by atomic mass is 79.9. The van der Waals surface area contributed by atoms with Gasteiger partial charge in [0.15, 0.2) is 0 Å². The van der Waals surface area contributed by atoms with Gasteiger partial charge in [-0.15, -0.1) is 0 Å². The molecule has 1 aromatic rings. The zero-order valence-electron chi connectivity index (χ0n) is 12.5. The molecule has 1 aromatic carbocycles. The number of esters is 1. The van der Waals surface area contributed by atoms with Crippen LogP contribution in [0.15, 0.2) is 22.7 Å². The molecule has 0 radical (unpaired) electrons. The van der Waals surface area contributed by atoms with Gasteiger partial charge in [-0.25, -0.2) is 0 Å². The monoisotopic (exact) mass is 353 g/mol.